The number of benzene rings is 1. The number of para-hydroxylation sites is 1. The molecule has 2 aromatic rings. The van der Waals surface area contributed by atoms with Gasteiger partial charge in [0.05, 0.1) is 6.04 Å². The number of aromatic hydroxyl groups is 1. The Balaban J connectivity index is 2.42. The second-order valence-electron chi connectivity index (χ2n) is 3.21. The smallest absolute Gasteiger partial charge is 0.165 e. The third kappa shape index (κ3) is 1.86. The number of rotatable bonds is 2. The maximum absolute atomic E-state index is 13.1. The highest BCUT2D eigenvalue weighted by molar-refractivity contribution is 7.08. The van der Waals surface area contributed by atoms with Gasteiger partial charge in [-0.3, -0.25) is 0 Å². The third-order valence-corrected chi connectivity index (χ3v) is 2.96. The van der Waals surface area contributed by atoms with Crippen LogP contribution >= 0.6 is 11.3 Å². The van der Waals surface area contributed by atoms with Crippen LogP contribution in [0.25, 0.3) is 0 Å². The SMILES string of the molecule is N[C@@H](c1ccsc1)c1cccc(F)c1O. The highest BCUT2D eigenvalue weighted by Gasteiger charge is 2.15. The summed E-state index contributed by atoms with van der Waals surface area (Å²) in [5.41, 5.74) is 7.20. The van der Waals surface area contributed by atoms with Crippen LogP contribution in [0.3, 0.4) is 0 Å². The first-order valence-corrected chi connectivity index (χ1v) is 5.39. The first kappa shape index (κ1) is 10.1. The largest absolute Gasteiger partial charge is 0.505 e. The third-order valence-electron chi connectivity index (χ3n) is 2.26. The molecule has 0 bridgehead atoms. The van der Waals surface area contributed by atoms with E-state index in [1.165, 1.54) is 23.5 Å². The van der Waals surface area contributed by atoms with Gasteiger partial charge in [-0.2, -0.15) is 11.3 Å². The van der Waals surface area contributed by atoms with Crippen LogP contribution in [-0.2, 0) is 0 Å². The molecule has 4 heteroatoms. The van der Waals surface area contributed by atoms with Gasteiger partial charge in [-0.25, -0.2) is 4.39 Å². The lowest BCUT2D eigenvalue weighted by atomic mass is 10.0. The molecule has 1 heterocycles. The number of nitrogens with two attached hydrogens (primary N) is 1. The highest BCUT2D eigenvalue weighted by Crippen LogP contribution is 2.30. The van der Waals surface area contributed by atoms with E-state index in [9.17, 15) is 9.50 Å². The zero-order chi connectivity index (χ0) is 10.8. The van der Waals surface area contributed by atoms with Crippen LogP contribution in [-0.4, -0.2) is 5.11 Å². The van der Waals surface area contributed by atoms with Crippen LogP contribution in [0, 0.1) is 5.82 Å². The van der Waals surface area contributed by atoms with Gasteiger partial charge in [0, 0.05) is 5.56 Å². The molecule has 3 N–H and O–H groups in total. The van der Waals surface area contributed by atoms with Crippen LogP contribution in [0.15, 0.2) is 35.0 Å². The van der Waals surface area contributed by atoms with Gasteiger partial charge in [0.25, 0.3) is 0 Å². The number of phenolic OH excluding ortho intramolecular Hbond substituents is 1. The molecule has 0 aliphatic rings. The zero-order valence-corrected chi connectivity index (χ0v) is 8.67. The molecule has 0 amide bonds. The Kier molecular flexibility index (Phi) is 2.70. The molecule has 2 nitrogen and oxygen atoms in total. The molecule has 0 unspecified atom stereocenters. The molecule has 2 rings (SSSR count). The number of thiophene rings is 1. The van der Waals surface area contributed by atoms with Crippen LogP contribution < -0.4 is 5.73 Å². The first-order chi connectivity index (χ1) is 7.20. The van der Waals surface area contributed by atoms with Crippen molar-refractivity contribution in [2.75, 3.05) is 0 Å². The molecule has 1 aromatic heterocycles. The van der Waals surface area contributed by atoms with E-state index in [0.29, 0.717) is 5.56 Å². The minimum atomic E-state index is -0.641. The molecule has 0 saturated carbocycles. The van der Waals surface area contributed by atoms with E-state index < -0.39 is 11.9 Å². The fourth-order valence-corrected chi connectivity index (χ4v) is 2.11. The summed E-state index contributed by atoms with van der Waals surface area (Å²) in [6.45, 7) is 0. The molecule has 0 fully saturated rings. The lowest BCUT2D eigenvalue weighted by Gasteiger charge is -2.12. The van der Waals surface area contributed by atoms with E-state index in [1.807, 2.05) is 16.8 Å². The average Bonchev–Trinajstić information content (AvgIpc) is 2.74. The predicted octanol–water partition coefficient (Wildman–Crippen LogP) is 2.64. The minimum Gasteiger partial charge on any atom is -0.505 e. The van der Waals surface area contributed by atoms with E-state index in [-0.39, 0.29) is 5.75 Å². The van der Waals surface area contributed by atoms with Crippen molar-refractivity contribution in [2.45, 2.75) is 6.04 Å². The summed E-state index contributed by atoms with van der Waals surface area (Å²) < 4.78 is 13.1. The Bertz CT molecular complexity index is 456. The van der Waals surface area contributed by atoms with Crippen molar-refractivity contribution in [3.05, 3.63) is 52.0 Å². The molecular weight excluding hydrogens is 213 g/mol. The van der Waals surface area contributed by atoms with Crippen molar-refractivity contribution in [1.82, 2.24) is 0 Å². The molecule has 0 spiro atoms. The summed E-state index contributed by atoms with van der Waals surface area (Å²) in [5.74, 6) is -1.01. The van der Waals surface area contributed by atoms with E-state index in [1.54, 1.807) is 6.07 Å². The molecule has 0 saturated heterocycles. The van der Waals surface area contributed by atoms with Gasteiger partial charge in [-0.05, 0) is 28.5 Å². The predicted molar refractivity (Wildman–Crippen MR) is 58.4 cm³/mol. The first-order valence-electron chi connectivity index (χ1n) is 4.45. The summed E-state index contributed by atoms with van der Waals surface area (Å²) in [7, 11) is 0. The molecule has 0 aliphatic carbocycles. The Labute approximate surface area is 90.8 Å². The molecule has 0 aliphatic heterocycles. The second kappa shape index (κ2) is 4.00. The van der Waals surface area contributed by atoms with Gasteiger partial charge in [-0.1, -0.05) is 12.1 Å². The lowest BCUT2D eigenvalue weighted by Crippen LogP contribution is -2.11. The van der Waals surface area contributed by atoms with Crippen LogP contribution in [0.2, 0.25) is 0 Å². The van der Waals surface area contributed by atoms with Gasteiger partial charge < -0.3 is 10.8 Å². The molecule has 78 valence electrons. The van der Waals surface area contributed by atoms with Crippen LogP contribution in [0.4, 0.5) is 4.39 Å². The molecule has 0 radical (unpaired) electrons. The van der Waals surface area contributed by atoms with Gasteiger partial charge in [0.1, 0.15) is 0 Å². The van der Waals surface area contributed by atoms with E-state index in [0.717, 1.165) is 5.56 Å². The summed E-state index contributed by atoms with van der Waals surface area (Å²) >= 11 is 1.52. The minimum absolute atomic E-state index is 0.365. The summed E-state index contributed by atoms with van der Waals surface area (Å²) in [6.07, 6.45) is 0. The lowest BCUT2D eigenvalue weighted by molar-refractivity contribution is 0.423. The number of hydrogen-bond acceptors (Lipinski definition) is 3. The Morgan fingerprint density at radius 2 is 2.13 bits per heavy atom. The monoisotopic (exact) mass is 223 g/mol. The van der Waals surface area contributed by atoms with Gasteiger partial charge in [0.2, 0.25) is 0 Å². The maximum atomic E-state index is 13.1. The van der Waals surface area contributed by atoms with Crippen molar-refractivity contribution in [3.8, 4) is 5.75 Å². The quantitative estimate of drug-likeness (QED) is 0.822. The van der Waals surface area contributed by atoms with Crippen molar-refractivity contribution in [2.24, 2.45) is 5.73 Å². The zero-order valence-electron chi connectivity index (χ0n) is 7.85. The number of halogens is 1. The standard InChI is InChI=1S/C11H10FNOS/c12-9-3-1-2-8(11(9)14)10(13)7-4-5-15-6-7/h1-6,10,14H,13H2/t10-/m0/s1. The molecule has 1 aromatic carbocycles. The Morgan fingerprint density at radius 1 is 1.33 bits per heavy atom. The summed E-state index contributed by atoms with van der Waals surface area (Å²) in [5, 5.41) is 13.3. The topological polar surface area (TPSA) is 46.2 Å². The normalized spacial score (nSPS) is 12.7. The van der Waals surface area contributed by atoms with Crippen molar-refractivity contribution >= 4 is 11.3 Å². The van der Waals surface area contributed by atoms with E-state index in [4.69, 9.17) is 5.73 Å². The molecule has 15 heavy (non-hydrogen) atoms. The maximum Gasteiger partial charge on any atom is 0.165 e. The Morgan fingerprint density at radius 3 is 2.80 bits per heavy atom. The fourth-order valence-electron chi connectivity index (χ4n) is 1.41. The van der Waals surface area contributed by atoms with Gasteiger partial charge in [-0.15, -0.1) is 0 Å². The van der Waals surface area contributed by atoms with Crippen molar-refractivity contribution < 1.29 is 9.50 Å². The number of phenols is 1. The number of hydrogen-bond donors (Lipinski definition) is 2. The van der Waals surface area contributed by atoms with Crippen LogP contribution in [0.1, 0.15) is 17.2 Å². The van der Waals surface area contributed by atoms with E-state index in [2.05, 4.69) is 0 Å². The van der Waals surface area contributed by atoms with Crippen molar-refractivity contribution in [1.29, 1.82) is 0 Å². The van der Waals surface area contributed by atoms with E-state index >= 15 is 0 Å². The van der Waals surface area contributed by atoms with Crippen LogP contribution in [0.5, 0.6) is 5.75 Å². The Hall–Kier alpha value is -1.39. The second-order valence-corrected chi connectivity index (χ2v) is 3.99. The average molecular weight is 223 g/mol. The fraction of sp³-hybridized carbons (Fsp3) is 0.0909. The van der Waals surface area contributed by atoms with Crippen molar-refractivity contribution in [3.63, 3.8) is 0 Å². The molecular formula is C11H10FNOS. The van der Waals surface area contributed by atoms with Gasteiger partial charge in [0.15, 0.2) is 11.6 Å². The summed E-state index contributed by atoms with van der Waals surface area (Å²) in [6, 6.07) is 5.75. The highest BCUT2D eigenvalue weighted by atomic mass is 32.1. The summed E-state index contributed by atoms with van der Waals surface area (Å²) in [4.78, 5) is 0. The van der Waals surface area contributed by atoms with Gasteiger partial charge >= 0.3 is 0 Å². The molecule has 1 atom stereocenters.